The third kappa shape index (κ3) is 2.09. The van der Waals surface area contributed by atoms with E-state index in [-0.39, 0.29) is 6.04 Å². The van der Waals surface area contributed by atoms with Crippen molar-refractivity contribution in [2.75, 3.05) is 11.9 Å². The predicted molar refractivity (Wildman–Crippen MR) is 73.3 cm³/mol. The number of aromatic nitrogens is 1. The Morgan fingerprint density at radius 1 is 1.17 bits per heavy atom. The van der Waals surface area contributed by atoms with Crippen LogP contribution in [0.4, 0.5) is 5.69 Å². The highest BCUT2D eigenvalue weighted by molar-refractivity contribution is 5.49. The van der Waals surface area contributed by atoms with Gasteiger partial charge in [-0.15, -0.1) is 0 Å². The summed E-state index contributed by atoms with van der Waals surface area (Å²) in [5.74, 6) is 0.398. The third-order valence-corrected chi connectivity index (χ3v) is 3.59. The Labute approximate surface area is 107 Å². The highest BCUT2D eigenvalue weighted by Gasteiger charge is 2.25. The van der Waals surface area contributed by atoms with Gasteiger partial charge in [-0.2, -0.15) is 0 Å². The fourth-order valence-corrected chi connectivity index (χ4v) is 2.52. The lowest BCUT2D eigenvalue weighted by Crippen LogP contribution is -2.33. The summed E-state index contributed by atoms with van der Waals surface area (Å²) in [5, 5.41) is 3.42. The largest absolute Gasteiger partial charge is 0.383 e. The van der Waals surface area contributed by atoms with Crippen molar-refractivity contribution in [2.45, 2.75) is 12.5 Å². The summed E-state index contributed by atoms with van der Waals surface area (Å²) in [4.78, 5) is 4.43. The third-order valence-electron chi connectivity index (χ3n) is 3.59. The van der Waals surface area contributed by atoms with E-state index in [9.17, 15) is 0 Å². The molecule has 2 heterocycles. The Hall–Kier alpha value is -1.87. The topological polar surface area (TPSA) is 50.9 Å². The molecule has 3 nitrogen and oxygen atoms in total. The van der Waals surface area contributed by atoms with Crippen LogP contribution in [0.2, 0.25) is 0 Å². The fraction of sp³-hybridized carbons (Fsp3) is 0.267. The van der Waals surface area contributed by atoms with E-state index in [1.807, 2.05) is 30.5 Å². The number of pyridine rings is 1. The van der Waals surface area contributed by atoms with Gasteiger partial charge >= 0.3 is 0 Å². The van der Waals surface area contributed by atoms with E-state index >= 15 is 0 Å². The molecule has 1 aromatic heterocycles. The number of benzene rings is 1. The minimum absolute atomic E-state index is 0.0638. The molecule has 3 rings (SSSR count). The van der Waals surface area contributed by atoms with Crippen LogP contribution in [0.5, 0.6) is 0 Å². The molecule has 0 aliphatic carbocycles. The number of rotatable bonds is 2. The molecule has 92 valence electrons. The van der Waals surface area contributed by atoms with E-state index in [4.69, 9.17) is 5.73 Å². The molecule has 18 heavy (non-hydrogen) atoms. The van der Waals surface area contributed by atoms with Gasteiger partial charge in [-0.05, 0) is 24.1 Å². The lowest BCUT2D eigenvalue weighted by molar-refractivity contribution is 0.435. The van der Waals surface area contributed by atoms with Crippen LogP contribution in [0.1, 0.15) is 17.3 Å². The molecule has 3 heteroatoms. The average Bonchev–Trinajstić information content (AvgIpc) is 2.47. The van der Waals surface area contributed by atoms with Crippen molar-refractivity contribution in [1.82, 2.24) is 4.98 Å². The molecule has 0 bridgehead atoms. The number of nitrogens with zero attached hydrogens (tertiary/aromatic N) is 1. The first kappa shape index (κ1) is 11.2. The smallest absolute Gasteiger partial charge is 0.0638 e. The van der Waals surface area contributed by atoms with Crippen molar-refractivity contribution < 1.29 is 0 Å². The maximum Gasteiger partial charge on any atom is 0.0638 e. The zero-order valence-corrected chi connectivity index (χ0v) is 10.2. The second kappa shape index (κ2) is 4.78. The van der Waals surface area contributed by atoms with E-state index in [0.717, 1.165) is 24.3 Å². The summed E-state index contributed by atoms with van der Waals surface area (Å²) in [6.07, 6.45) is 2.79. The zero-order chi connectivity index (χ0) is 12.4. The van der Waals surface area contributed by atoms with Gasteiger partial charge in [0.25, 0.3) is 0 Å². The summed E-state index contributed by atoms with van der Waals surface area (Å²) in [5.41, 5.74) is 9.83. The molecule has 2 atom stereocenters. The first-order valence-corrected chi connectivity index (χ1v) is 6.33. The van der Waals surface area contributed by atoms with Crippen LogP contribution in [-0.4, -0.2) is 11.5 Å². The van der Waals surface area contributed by atoms with Gasteiger partial charge < -0.3 is 11.1 Å². The molecule has 0 saturated carbocycles. The van der Waals surface area contributed by atoms with Gasteiger partial charge in [0.1, 0.15) is 0 Å². The molecule has 0 amide bonds. The average molecular weight is 239 g/mol. The van der Waals surface area contributed by atoms with Gasteiger partial charge in [0.15, 0.2) is 0 Å². The highest BCUT2D eigenvalue weighted by atomic mass is 14.9. The number of anilines is 1. The molecule has 1 aliphatic rings. The Morgan fingerprint density at radius 2 is 2.00 bits per heavy atom. The van der Waals surface area contributed by atoms with Crippen LogP contribution in [0.15, 0.2) is 48.7 Å². The maximum atomic E-state index is 6.36. The Morgan fingerprint density at radius 3 is 2.83 bits per heavy atom. The molecular formula is C15H17N3. The molecule has 0 fully saturated rings. The van der Waals surface area contributed by atoms with Gasteiger partial charge in [0.2, 0.25) is 0 Å². The van der Waals surface area contributed by atoms with Crippen LogP contribution >= 0.6 is 0 Å². The van der Waals surface area contributed by atoms with Crippen molar-refractivity contribution in [1.29, 1.82) is 0 Å². The normalized spacial score (nSPS) is 19.7. The summed E-state index contributed by atoms with van der Waals surface area (Å²) >= 11 is 0. The molecule has 1 aliphatic heterocycles. The fourth-order valence-electron chi connectivity index (χ4n) is 2.52. The first-order chi connectivity index (χ1) is 8.84. The van der Waals surface area contributed by atoms with Crippen molar-refractivity contribution in [2.24, 2.45) is 11.7 Å². The summed E-state index contributed by atoms with van der Waals surface area (Å²) < 4.78 is 0. The van der Waals surface area contributed by atoms with Gasteiger partial charge in [0.05, 0.1) is 11.4 Å². The van der Waals surface area contributed by atoms with Crippen LogP contribution in [0, 0.1) is 5.92 Å². The lowest BCUT2D eigenvalue weighted by atomic mass is 9.87. The second-order valence-electron chi connectivity index (χ2n) is 4.78. The molecule has 0 radical (unpaired) electrons. The first-order valence-electron chi connectivity index (χ1n) is 6.33. The quantitative estimate of drug-likeness (QED) is 0.846. The number of hydrogen-bond donors (Lipinski definition) is 2. The molecule has 1 aromatic carbocycles. The van der Waals surface area contributed by atoms with Gasteiger partial charge in [-0.1, -0.05) is 30.3 Å². The van der Waals surface area contributed by atoms with Crippen molar-refractivity contribution >= 4 is 5.69 Å². The van der Waals surface area contributed by atoms with E-state index in [2.05, 4.69) is 28.5 Å². The zero-order valence-electron chi connectivity index (χ0n) is 10.2. The van der Waals surface area contributed by atoms with Crippen LogP contribution < -0.4 is 11.1 Å². The van der Waals surface area contributed by atoms with Crippen LogP contribution in [0.3, 0.4) is 0 Å². The van der Waals surface area contributed by atoms with E-state index in [0.29, 0.717) is 5.92 Å². The standard InChI is InChI=1S/C15H17N3/c16-15(11-5-2-1-3-6-11)12-9-14-13(18-10-12)7-4-8-17-14/h1-8,12,15,18H,9-10,16H2/t12-,15+/m0/s1. The molecule has 0 saturated heterocycles. The van der Waals surface area contributed by atoms with Crippen molar-refractivity contribution in [3.63, 3.8) is 0 Å². The van der Waals surface area contributed by atoms with E-state index in [1.54, 1.807) is 0 Å². The van der Waals surface area contributed by atoms with Gasteiger partial charge in [0, 0.05) is 24.7 Å². The minimum Gasteiger partial charge on any atom is -0.383 e. The van der Waals surface area contributed by atoms with Gasteiger partial charge in [-0.25, -0.2) is 0 Å². The van der Waals surface area contributed by atoms with E-state index < -0.39 is 0 Å². The second-order valence-corrected chi connectivity index (χ2v) is 4.78. The summed E-state index contributed by atoms with van der Waals surface area (Å²) in [6.45, 7) is 0.911. The van der Waals surface area contributed by atoms with Crippen molar-refractivity contribution in [3.05, 3.63) is 59.9 Å². The van der Waals surface area contributed by atoms with E-state index in [1.165, 1.54) is 5.56 Å². The number of nitrogens with two attached hydrogens (primary N) is 1. The van der Waals surface area contributed by atoms with Crippen LogP contribution in [-0.2, 0) is 6.42 Å². The summed E-state index contributed by atoms with van der Waals surface area (Å²) in [6, 6.07) is 14.4. The molecule has 3 N–H and O–H groups in total. The number of fused-ring (bicyclic) bond motifs is 1. The molecule has 2 aromatic rings. The SMILES string of the molecule is N[C@H](c1ccccc1)[C@@H]1CNc2cccnc2C1. The number of hydrogen-bond acceptors (Lipinski definition) is 3. The lowest BCUT2D eigenvalue weighted by Gasteiger charge is -2.29. The predicted octanol–water partition coefficient (Wildman–Crippen LogP) is 2.37. The molecule has 0 spiro atoms. The van der Waals surface area contributed by atoms with Crippen molar-refractivity contribution in [3.8, 4) is 0 Å². The minimum atomic E-state index is 0.0638. The van der Waals surface area contributed by atoms with Gasteiger partial charge in [-0.3, -0.25) is 4.98 Å². The number of nitrogens with one attached hydrogen (secondary N) is 1. The monoisotopic (exact) mass is 239 g/mol. The summed E-state index contributed by atoms with van der Waals surface area (Å²) in [7, 11) is 0. The van der Waals surface area contributed by atoms with Crippen LogP contribution in [0.25, 0.3) is 0 Å². The Balaban J connectivity index is 1.80. The Kier molecular flexibility index (Phi) is 2.99. The maximum absolute atomic E-state index is 6.36. The molecule has 0 unspecified atom stereocenters. The Bertz CT molecular complexity index is 524. The molecular weight excluding hydrogens is 222 g/mol. The highest BCUT2D eigenvalue weighted by Crippen LogP contribution is 2.29.